The topological polar surface area (TPSA) is 35.5 Å². The zero-order chi connectivity index (χ0) is 41.4. The van der Waals surface area contributed by atoms with E-state index in [0.717, 1.165) is 64.2 Å². The molecular weight excluding hydrogens is 717 g/mol. The summed E-state index contributed by atoms with van der Waals surface area (Å²) >= 11 is 0. The normalized spacial score (nSPS) is 22.6. The maximum Gasteiger partial charge on any atom is 0.261 e. The van der Waals surface area contributed by atoms with E-state index in [1.54, 1.807) is 0 Å². The van der Waals surface area contributed by atoms with Crippen molar-refractivity contribution in [1.82, 2.24) is 0 Å². The Kier molecular flexibility index (Phi) is 15.6. The Balaban J connectivity index is 1.41. The molecule has 2 aliphatic carbocycles. The lowest BCUT2D eigenvalue weighted by atomic mass is 9.69. The van der Waals surface area contributed by atoms with Crippen LogP contribution >= 0.6 is 0 Å². The van der Waals surface area contributed by atoms with Gasteiger partial charge in [0.2, 0.25) is 0 Å². The van der Waals surface area contributed by atoms with Gasteiger partial charge in [0.25, 0.3) is 8.32 Å². The quantitative estimate of drug-likeness (QED) is 0.105. The summed E-state index contributed by atoms with van der Waals surface area (Å²) in [5, 5.41) is 2.83. The van der Waals surface area contributed by atoms with E-state index in [1.807, 2.05) is 0 Å². The largest absolute Gasteiger partial charge is 0.413 e. The number of carbonyl (C=O) groups is 1. The number of rotatable bonds is 19. The van der Waals surface area contributed by atoms with Crippen LogP contribution < -0.4 is 10.4 Å². The molecule has 2 saturated carbocycles. The Hall–Kier alpha value is -2.58. The molecule has 0 radical (unpaired) electrons. The fourth-order valence-corrected chi connectivity index (χ4v) is 14.6. The third kappa shape index (κ3) is 10.9. The van der Waals surface area contributed by atoms with Gasteiger partial charge < -0.3 is 8.85 Å². The standard InChI is InChI=1S/C51H78O3Si2/c1-40(2)22-20-24-43(38-54-56(49(8,9)10,45-26-16-14-17-27-45)46-28-18-15-19-29-46)25-21-23-41(3)30-31-44-32-33-47(52)51(39-50(44,51)11)36-34-42(4)35-37-53-55(12,13)48(5,6)7/h14-19,22,25-30,35,44H,20-21,23-24,31-34,36-39H2,1-13H3/b41-30+,42-35+,43-25-/t44-,50+,51-/m1/s1. The van der Waals surface area contributed by atoms with Gasteiger partial charge in [-0.25, -0.2) is 0 Å². The molecule has 0 unspecified atom stereocenters. The SMILES string of the molecule is CC(C)=CCC/C(=C/CC/C(C)=C/C[C@@H]1CCC(=O)[C@@]2(CC/C(C)=C/CO[Si](C)(C)C(C)(C)C)C[C@@]12C)CO[Si](c1ccccc1)(c1ccccc1)C(C)(C)C. The summed E-state index contributed by atoms with van der Waals surface area (Å²) in [6, 6.07) is 22.0. The van der Waals surface area contributed by atoms with E-state index in [2.05, 4.69) is 174 Å². The predicted molar refractivity (Wildman–Crippen MR) is 247 cm³/mol. The molecule has 2 aliphatic rings. The minimum absolute atomic E-state index is 0.0469. The van der Waals surface area contributed by atoms with Crippen molar-refractivity contribution in [3.63, 3.8) is 0 Å². The number of fused-ring (bicyclic) bond motifs is 1. The lowest BCUT2D eigenvalue weighted by Gasteiger charge is -2.43. The fourth-order valence-electron chi connectivity index (χ4n) is 9.10. The molecule has 2 aromatic rings. The van der Waals surface area contributed by atoms with Crippen LogP contribution in [0.25, 0.3) is 0 Å². The number of ketones is 1. The average molecular weight is 795 g/mol. The van der Waals surface area contributed by atoms with E-state index in [4.69, 9.17) is 8.85 Å². The maximum atomic E-state index is 13.5. The summed E-state index contributed by atoms with van der Waals surface area (Å²) in [4.78, 5) is 13.5. The molecule has 3 nitrogen and oxygen atoms in total. The van der Waals surface area contributed by atoms with E-state index in [9.17, 15) is 4.79 Å². The molecule has 308 valence electrons. The van der Waals surface area contributed by atoms with Crippen molar-refractivity contribution < 1.29 is 13.6 Å². The summed E-state index contributed by atoms with van der Waals surface area (Å²) in [6.07, 6.45) is 19.6. The van der Waals surface area contributed by atoms with Crippen molar-refractivity contribution in [3.05, 3.63) is 107 Å². The molecule has 0 aliphatic heterocycles. The van der Waals surface area contributed by atoms with E-state index in [-0.39, 0.29) is 20.9 Å². The van der Waals surface area contributed by atoms with Crippen molar-refractivity contribution in [2.45, 2.75) is 164 Å². The molecule has 0 amide bonds. The lowest BCUT2D eigenvalue weighted by Crippen LogP contribution is -2.66. The highest BCUT2D eigenvalue weighted by Gasteiger charge is 2.71. The van der Waals surface area contributed by atoms with Gasteiger partial charge in [-0.05, 0) is 136 Å². The van der Waals surface area contributed by atoms with Gasteiger partial charge in [0.1, 0.15) is 5.78 Å². The number of Topliss-reactive ketones (excluding diaryl/α,β-unsaturated/α-hetero) is 1. The second-order valence-electron chi connectivity index (χ2n) is 20.4. The average Bonchev–Trinajstić information content (AvgIpc) is 3.77. The molecule has 0 aromatic heterocycles. The van der Waals surface area contributed by atoms with E-state index in [1.165, 1.54) is 32.7 Å². The Morgan fingerprint density at radius 3 is 1.88 bits per heavy atom. The van der Waals surface area contributed by atoms with E-state index >= 15 is 0 Å². The van der Waals surface area contributed by atoms with Crippen LogP contribution in [0.3, 0.4) is 0 Å². The smallest absolute Gasteiger partial charge is 0.261 e. The molecule has 4 rings (SSSR count). The molecule has 3 atom stereocenters. The zero-order valence-electron chi connectivity index (χ0n) is 37.9. The summed E-state index contributed by atoms with van der Waals surface area (Å²) < 4.78 is 13.8. The minimum Gasteiger partial charge on any atom is -0.413 e. The van der Waals surface area contributed by atoms with Crippen LogP contribution in [0.5, 0.6) is 0 Å². The molecule has 0 N–H and O–H groups in total. The highest BCUT2D eigenvalue weighted by Crippen LogP contribution is 2.74. The van der Waals surface area contributed by atoms with Gasteiger partial charge >= 0.3 is 0 Å². The fraction of sp³-hybridized carbons (Fsp3) is 0.588. The monoisotopic (exact) mass is 795 g/mol. The lowest BCUT2D eigenvalue weighted by molar-refractivity contribution is -0.129. The first kappa shape index (κ1) is 46.1. The van der Waals surface area contributed by atoms with Crippen LogP contribution in [-0.4, -0.2) is 35.6 Å². The highest BCUT2D eigenvalue weighted by molar-refractivity contribution is 6.99. The number of hydrogen-bond acceptors (Lipinski definition) is 3. The summed E-state index contributed by atoms with van der Waals surface area (Å²) in [7, 11) is -4.38. The highest BCUT2D eigenvalue weighted by atomic mass is 28.4. The molecule has 0 spiro atoms. The van der Waals surface area contributed by atoms with Gasteiger partial charge in [0.05, 0.1) is 13.2 Å². The van der Waals surface area contributed by atoms with Crippen LogP contribution in [0.15, 0.2) is 107 Å². The van der Waals surface area contributed by atoms with Crippen LogP contribution in [0.2, 0.25) is 23.2 Å². The first-order valence-corrected chi connectivity index (χ1v) is 26.5. The third-order valence-corrected chi connectivity index (χ3v) is 23.5. The Bertz CT molecular complexity index is 1680. The van der Waals surface area contributed by atoms with E-state index < -0.39 is 16.6 Å². The van der Waals surface area contributed by atoms with Crippen LogP contribution in [-0.2, 0) is 13.6 Å². The number of carbonyl (C=O) groups excluding carboxylic acids is 1. The minimum atomic E-state index is -2.62. The summed E-state index contributed by atoms with van der Waals surface area (Å²) in [5.74, 6) is 1.10. The molecule has 0 heterocycles. The Morgan fingerprint density at radius 2 is 1.32 bits per heavy atom. The zero-order valence-corrected chi connectivity index (χ0v) is 39.9. The molecular formula is C51H78O3Si2. The summed E-state index contributed by atoms with van der Waals surface area (Å²) in [6.45, 7) is 31.3. The van der Waals surface area contributed by atoms with Crippen molar-refractivity contribution in [3.8, 4) is 0 Å². The molecule has 56 heavy (non-hydrogen) atoms. The van der Waals surface area contributed by atoms with Gasteiger partial charge in [-0.1, -0.05) is 150 Å². The number of hydrogen-bond donors (Lipinski definition) is 0. The van der Waals surface area contributed by atoms with Gasteiger partial charge in [-0.2, -0.15) is 0 Å². The number of allylic oxidation sites excluding steroid dienone is 6. The second kappa shape index (κ2) is 19.0. The van der Waals surface area contributed by atoms with Gasteiger partial charge in [0.15, 0.2) is 8.32 Å². The van der Waals surface area contributed by atoms with E-state index in [0.29, 0.717) is 24.9 Å². The molecule has 2 fully saturated rings. The molecule has 5 heteroatoms. The first-order valence-electron chi connectivity index (χ1n) is 21.7. The second-order valence-corrected chi connectivity index (χ2v) is 29.5. The Morgan fingerprint density at radius 1 is 0.750 bits per heavy atom. The number of benzene rings is 2. The van der Waals surface area contributed by atoms with Crippen LogP contribution in [0.1, 0.15) is 140 Å². The molecule has 0 saturated heterocycles. The van der Waals surface area contributed by atoms with Crippen LogP contribution in [0.4, 0.5) is 0 Å². The van der Waals surface area contributed by atoms with Crippen LogP contribution in [0, 0.1) is 16.7 Å². The van der Waals surface area contributed by atoms with Crippen molar-refractivity contribution in [2.24, 2.45) is 16.7 Å². The maximum absolute atomic E-state index is 13.5. The Labute approximate surface area is 345 Å². The first-order chi connectivity index (χ1) is 26.2. The third-order valence-electron chi connectivity index (χ3n) is 14.1. The van der Waals surface area contributed by atoms with Gasteiger partial charge in [-0.3, -0.25) is 4.79 Å². The van der Waals surface area contributed by atoms with Crippen molar-refractivity contribution in [2.75, 3.05) is 13.2 Å². The van der Waals surface area contributed by atoms with Crippen molar-refractivity contribution in [1.29, 1.82) is 0 Å². The van der Waals surface area contributed by atoms with Gasteiger partial charge in [0, 0.05) is 11.8 Å². The van der Waals surface area contributed by atoms with Crippen molar-refractivity contribution >= 4 is 32.8 Å². The van der Waals surface area contributed by atoms with Gasteiger partial charge in [-0.15, -0.1) is 0 Å². The predicted octanol–water partition coefficient (Wildman–Crippen LogP) is 13.5. The summed E-state index contributed by atoms with van der Waals surface area (Å²) in [5.41, 5.74) is 5.61. The molecule has 2 aromatic carbocycles. The molecule has 0 bridgehead atoms.